The van der Waals surface area contributed by atoms with Crippen LogP contribution in [0.15, 0.2) is 59.9 Å². The molecule has 0 saturated heterocycles. The summed E-state index contributed by atoms with van der Waals surface area (Å²) in [6.45, 7) is 1.90. The lowest BCUT2D eigenvalue weighted by Crippen LogP contribution is -2.59. The molecule has 0 aliphatic carbocycles. The van der Waals surface area contributed by atoms with Crippen molar-refractivity contribution in [2.45, 2.75) is 24.5 Å². The van der Waals surface area contributed by atoms with Crippen molar-refractivity contribution in [3.63, 3.8) is 0 Å². The van der Waals surface area contributed by atoms with Gasteiger partial charge in [-0.2, -0.15) is 0 Å². The summed E-state index contributed by atoms with van der Waals surface area (Å²) < 4.78 is 1.71. The van der Waals surface area contributed by atoms with Crippen molar-refractivity contribution >= 4 is 11.8 Å². The number of nitrogens with two attached hydrogens (primary N) is 2. The van der Waals surface area contributed by atoms with Crippen LogP contribution in [-0.2, 0) is 7.05 Å². The zero-order valence-electron chi connectivity index (χ0n) is 15.8. The number of aromatic nitrogens is 5. The second-order valence-corrected chi connectivity index (χ2v) is 6.91. The molecule has 4 rings (SSSR count). The van der Waals surface area contributed by atoms with Gasteiger partial charge in [0, 0.05) is 31.2 Å². The molecule has 142 valence electrons. The van der Waals surface area contributed by atoms with Crippen molar-refractivity contribution < 1.29 is 0 Å². The summed E-state index contributed by atoms with van der Waals surface area (Å²) >= 11 is 0. The van der Waals surface area contributed by atoms with Crippen molar-refractivity contribution in [1.29, 1.82) is 0 Å². The molecule has 3 aromatic rings. The highest BCUT2D eigenvalue weighted by atomic mass is 15.4. The van der Waals surface area contributed by atoms with E-state index in [9.17, 15) is 0 Å². The molecule has 3 aromatic heterocycles. The molecule has 2 unspecified atom stereocenters. The zero-order valence-corrected chi connectivity index (χ0v) is 15.8. The predicted molar refractivity (Wildman–Crippen MR) is 107 cm³/mol. The largest absolute Gasteiger partial charge is 0.318 e. The fourth-order valence-electron chi connectivity index (χ4n) is 3.68. The summed E-state index contributed by atoms with van der Waals surface area (Å²) in [6, 6.07) is 11.5. The smallest absolute Gasteiger partial charge is 0.120 e. The second kappa shape index (κ2) is 7.06. The van der Waals surface area contributed by atoms with Gasteiger partial charge < -0.3 is 11.5 Å². The maximum atomic E-state index is 6.96. The van der Waals surface area contributed by atoms with Gasteiger partial charge in [0.05, 0.1) is 34.2 Å². The number of allylic oxidation sites excluding steroid dienone is 1. The molecule has 8 nitrogen and oxygen atoms in total. The fraction of sp³-hybridized carbons (Fsp3) is 0.250. The third-order valence-corrected chi connectivity index (χ3v) is 5.03. The Balaban J connectivity index is 1.90. The molecule has 1 aliphatic rings. The quantitative estimate of drug-likeness (QED) is 0.708. The van der Waals surface area contributed by atoms with Gasteiger partial charge >= 0.3 is 0 Å². The van der Waals surface area contributed by atoms with Crippen LogP contribution >= 0.6 is 0 Å². The minimum Gasteiger partial charge on any atom is -0.318 e. The van der Waals surface area contributed by atoms with Gasteiger partial charge in [0.2, 0.25) is 0 Å². The standard InChI is InChI=1S/C20H22N8/c1-13-18(28(2)27-26-13)14-11-20(22,19(21)25-12-14)17(15-7-3-5-9-23-15)16-8-4-6-10-24-16/h3-12,17,19H,21-22H2,1-2H3. The number of dihydropyridines is 1. The topological polar surface area (TPSA) is 121 Å². The first kappa shape index (κ1) is 18.1. The Kier molecular flexibility index (Phi) is 4.58. The predicted octanol–water partition coefficient (Wildman–Crippen LogP) is 1.20. The van der Waals surface area contributed by atoms with Crippen molar-refractivity contribution in [2.24, 2.45) is 23.5 Å². The lowest BCUT2D eigenvalue weighted by molar-refractivity contribution is 0.377. The van der Waals surface area contributed by atoms with Crippen LogP contribution in [0.3, 0.4) is 0 Å². The number of aryl methyl sites for hydroxylation is 2. The van der Waals surface area contributed by atoms with Crippen LogP contribution in [0.1, 0.15) is 28.7 Å². The van der Waals surface area contributed by atoms with Gasteiger partial charge in [-0.3, -0.25) is 15.0 Å². The molecular weight excluding hydrogens is 352 g/mol. The molecule has 0 amide bonds. The summed E-state index contributed by atoms with van der Waals surface area (Å²) in [5, 5.41) is 8.22. The average Bonchev–Trinajstić information content (AvgIpc) is 3.04. The third-order valence-electron chi connectivity index (χ3n) is 5.03. The summed E-state index contributed by atoms with van der Waals surface area (Å²) in [7, 11) is 1.84. The molecule has 0 radical (unpaired) electrons. The Morgan fingerprint density at radius 2 is 1.71 bits per heavy atom. The van der Waals surface area contributed by atoms with E-state index >= 15 is 0 Å². The van der Waals surface area contributed by atoms with E-state index < -0.39 is 11.7 Å². The first-order valence-corrected chi connectivity index (χ1v) is 8.99. The summed E-state index contributed by atoms with van der Waals surface area (Å²) in [5.74, 6) is -0.376. The first-order chi connectivity index (χ1) is 13.5. The lowest BCUT2D eigenvalue weighted by atomic mass is 9.75. The van der Waals surface area contributed by atoms with E-state index in [2.05, 4.69) is 25.3 Å². The molecule has 2 atom stereocenters. The minimum atomic E-state index is -1.04. The van der Waals surface area contributed by atoms with E-state index in [0.29, 0.717) is 0 Å². The number of pyridine rings is 2. The molecule has 28 heavy (non-hydrogen) atoms. The van der Waals surface area contributed by atoms with Crippen LogP contribution in [0.4, 0.5) is 0 Å². The molecule has 0 fully saturated rings. The van der Waals surface area contributed by atoms with E-state index in [1.165, 1.54) is 0 Å². The summed E-state index contributed by atoms with van der Waals surface area (Å²) in [5.41, 5.74) is 16.4. The van der Waals surface area contributed by atoms with E-state index in [1.54, 1.807) is 23.3 Å². The first-order valence-electron chi connectivity index (χ1n) is 8.99. The average molecular weight is 374 g/mol. The van der Waals surface area contributed by atoms with Crippen molar-refractivity contribution in [3.8, 4) is 0 Å². The Hall–Kier alpha value is -3.23. The minimum absolute atomic E-state index is 0.376. The molecular formula is C20H22N8. The van der Waals surface area contributed by atoms with Gasteiger partial charge in [0.15, 0.2) is 0 Å². The maximum Gasteiger partial charge on any atom is 0.120 e. The van der Waals surface area contributed by atoms with E-state index in [1.807, 2.05) is 56.4 Å². The Labute approximate surface area is 163 Å². The van der Waals surface area contributed by atoms with Crippen LogP contribution in [-0.4, -0.2) is 42.9 Å². The van der Waals surface area contributed by atoms with Crippen LogP contribution in [0.2, 0.25) is 0 Å². The number of aliphatic imine (C=N–C) groups is 1. The highest BCUT2D eigenvalue weighted by molar-refractivity contribution is 6.10. The number of hydrogen-bond acceptors (Lipinski definition) is 7. The van der Waals surface area contributed by atoms with Gasteiger partial charge in [0.25, 0.3) is 0 Å². The molecule has 0 spiro atoms. The summed E-state index contributed by atoms with van der Waals surface area (Å²) in [6.07, 6.45) is 6.50. The van der Waals surface area contributed by atoms with Gasteiger partial charge in [-0.15, -0.1) is 5.10 Å². The third kappa shape index (κ3) is 3.02. The Morgan fingerprint density at radius 1 is 1.07 bits per heavy atom. The molecule has 4 N–H and O–H groups in total. The molecule has 0 saturated carbocycles. The van der Waals surface area contributed by atoms with E-state index in [4.69, 9.17) is 11.5 Å². The molecule has 0 aromatic carbocycles. The lowest BCUT2D eigenvalue weighted by Gasteiger charge is -2.39. The van der Waals surface area contributed by atoms with E-state index in [0.717, 1.165) is 28.3 Å². The Bertz CT molecular complexity index is 966. The SMILES string of the molecule is Cc1nnn(C)c1C1=CC(N)(C(c2ccccn2)c2ccccn2)C(N)N=C1. The van der Waals surface area contributed by atoms with Crippen molar-refractivity contribution in [1.82, 2.24) is 25.0 Å². The molecule has 8 heteroatoms. The van der Waals surface area contributed by atoms with E-state index in [-0.39, 0.29) is 5.92 Å². The van der Waals surface area contributed by atoms with Gasteiger partial charge in [-0.05, 0) is 37.3 Å². The van der Waals surface area contributed by atoms with Crippen molar-refractivity contribution in [2.75, 3.05) is 0 Å². The monoisotopic (exact) mass is 374 g/mol. The van der Waals surface area contributed by atoms with Gasteiger partial charge in [0.1, 0.15) is 6.17 Å². The fourth-order valence-corrected chi connectivity index (χ4v) is 3.68. The number of nitrogens with zero attached hydrogens (tertiary/aromatic N) is 6. The highest BCUT2D eigenvalue weighted by Gasteiger charge is 2.44. The molecule has 4 heterocycles. The summed E-state index contributed by atoms with van der Waals surface area (Å²) in [4.78, 5) is 13.6. The normalized spacial score (nSPS) is 21.8. The number of rotatable bonds is 4. The van der Waals surface area contributed by atoms with Crippen LogP contribution in [0.5, 0.6) is 0 Å². The highest BCUT2D eigenvalue weighted by Crippen LogP contribution is 2.38. The van der Waals surface area contributed by atoms with Crippen LogP contribution < -0.4 is 11.5 Å². The van der Waals surface area contributed by atoms with Gasteiger partial charge in [-0.1, -0.05) is 17.3 Å². The maximum absolute atomic E-state index is 6.96. The van der Waals surface area contributed by atoms with Gasteiger partial charge in [-0.25, -0.2) is 4.68 Å². The molecule has 0 bridgehead atoms. The van der Waals surface area contributed by atoms with Crippen molar-refractivity contribution in [3.05, 3.63) is 77.6 Å². The van der Waals surface area contributed by atoms with Crippen LogP contribution in [0.25, 0.3) is 5.57 Å². The Morgan fingerprint density at radius 3 is 2.21 bits per heavy atom. The van der Waals surface area contributed by atoms with Crippen LogP contribution in [0, 0.1) is 6.92 Å². The molecule has 1 aliphatic heterocycles. The number of hydrogen-bond donors (Lipinski definition) is 2. The zero-order chi connectivity index (χ0) is 19.7. The second-order valence-electron chi connectivity index (χ2n) is 6.91.